The van der Waals surface area contributed by atoms with Crippen molar-refractivity contribution in [2.45, 2.75) is 0 Å². The van der Waals surface area contributed by atoms with Gasteiger partial charge in [0.1, 0.15) is 0 Å². The molecule has 0 fully saturated rings. The van der Waals surface area contributed by atoms with E-state index in [-0.39, 0.29) is 0 Å². The number of hydrogen-bond acceptors (Lipinski definition) is 9. The molecular weight excluding hydrogens is 300 g/mol. The van der Waals surface area contributed by atoms with Crippen molar-refractivity contribution >= 4 is 17.5 Å². The Balaban J connectivity index is 2.18. The molecule has 2 rings (SSSR count). The Kier molecular flexibility index (Phi) is 4.17. The lowest BCUT2D eigenvalue weighted by atomic mass is 10.4. The van der Waals surface area contributed by atoms with Gasteiger partial charge in [-0.15, -0.1) is 0 Å². The summed E-state index contributed by atoms with van der Waals surface area (Å²) in [6, 6.07) is 4.69. The third kappa shape index (κ3) is 3.27. The first-order valence-corrected chi connectivity index (χ1v) is 5.57. The van der Waals surface area contributed by atoms with Crippen LogP contribution in [0.25, 0.3) is 0 Å². The zero-order valence-electron chi connectivity index (χ0n) is 10.6. The first-order valence-electron chi connectivity index (χ1n) is 5.57. The highest BCUT2D eigenvalue weighted by Crippen LogP contribution is 2.26. The molecule has 0 aliphatic rings. The normalized spacial score (nSPS) is 9.82. The maximum atomic E-state index is 11.6. The lowest BCUT2D eigenvalue weighted by Crippen LogP contribution is -2.16. The van der Waals surface area contributed by atoms with Gasteiger partial charge < -0.3 is 9.47 Å². The highest BCUT2D eigenvalue weighted by molar-refractivity contribution is 5.68. The molecule has 0 N–H and O–H groups in total. The molecule has 11 heteroatoms. The highest BCUT2D eigenvalue weighted by Gasteiger charge is 2.23. The quantitative estimate of drug-likeness (QED) is 0.468. The van der Waals surface area contributed by atoms with Crippen molar-refractivity contribution in [1.82, 2.24) is 9.97 Å². The summed E-state index contributed by atoms with van der Waals surface area (Å²) in [4.78, 5) is 38.5. The van der Waals surface area contributed by atoms with Crippen molar-refractivity contribution in [3.8, 4) is 11.8 Å². The van der Waals surface area contributed by atoms with Gasteiger partial charge in [0.15, 0.2) is 0 Å². The molecule has 11 nitrogen and oxygen atoms in total. The second-order valence-corrected chi connectivity index (χ2v) is 3.62. The van der Waals surface area contributed by atoms with E-state index in [1.54, 1.807) is 0 Å². The van der Waals surface area contributed by atoms with Gasteiger partial charge in [-0.1, -0.05) is 0 Å². The number of carbonyl (C=O) groups excluding carboxylic acids is 1. The van der Waals surface area contributed by atoms with E-state index in [0.717, 1.165) is 12.1 Å². The van der Waals surface area contributed by atoms with Gasteiger partial charge in [0.05, 0.1) is 9.85 Å². The summed E-state index contributed by atoms with van der Waals surface area (Å²) in [5.41, 5.74) is -1.12. The maximum absolute atomic E-state index is 11.6. The average Bonchev–Trinajstić information content (AvgIpc) is 2.47. The standard InChI is InChI=1S/C11H6N4O7/c16-11(21-9-7(14(17)18)3-1-5-12-9)22-10-8(15(19)20)4-2-6-13-10/h1-6H. The van der Waals surface area contributed by atoms with Crippen molar-refractivity contribution in [3.05, 3.63) is 56.9 Å². The van der Waals surface area contributed by atoms with E-state index < -0.39 is 39.1 Å². The van der Waals surface area contributed by atoms with Crippen LogP contribution in [0.3, 0.4) is 0 Å². The van der Waals surface area contributed by atoms with Crippen LogP contribution >= 0.6 is 0 Å². The zero-order valence-corrected chi connectivity index (χ0v) is 10.6. The van der Waals surface area contributed by atoms with Crippen LogP contribution < -0.4 is 9.47 Å². The Labute approximate surface area is 121 Å². The van der Waals surface area contributed by atoms with E-state index in [9.17, 15) is 25.0 Å². The van der Waals surface area contributed by atoms with Crippen molar-refractivity contribution in [2.24, 2.45) is 0 Å². The molecule has 0 spiro atoms. The monoisotopic (exact) mass is 306 g/mol. The summed E-state index contributed by atoms with van der Waals surface area (Å²) in [5.74, 6) is -1.20. The summed E-state index contributed by atoms with van der Waals surface area (Å²) in [5, 5.41) is 21.5. The van der Waals surface area contributed by atoms with E-state index in [2.05, 4.69) is 19.4 Å². The molecule has 2 aromatic rings. The predicted octanol–water partition coefficient (Wildman–Crippen LogP) is 1.87. The average molecular weight is 306 g/mol. The highest BCUT2D eigenvalue weighted by atomic mass is 16.7. The third-order valence-electron chi connectivity index (χ3n) is 2.26. The van der Waals surface area contributed by atoms with Gasteiger partial charge in [-0.2, -0.15) is 0 Å². The molecule has 0 unspecified atom stereocenters. The molecule has 0 amide bonds. The van der Waals surface area contributed by atoms with E-state index in [4.69, 9.17) is 0 Å². The first kappa shape index (κ1) is 14.8. The van der Waals surface area contributed by atoms with E-state index in [1.807, 2.05) is 0 Å². The molecule has 0 radical (unpaired) electrons. The molecule has 112 valence electrons. The van der Waals surface area contributed by atoms with E-state index in [0.29, 0.717) is 0 Å². The number of nitro groups is 2. The topological polar surface area (TPSA) is 148 Å². The van der Waals surface area contributed by atoms with Crippen molar-refractivity contribution in [2.75, 3.05) is 0 Å². The van der Waals surface area contributed by atoms with Gasteiger partial charge in [-0.05, 0) is 12.1 Å². The molecule has 0 saturated heterocycles. The number of hydrogen-bond donors (Lipinski definition) is 0. The van der Waals surface area contributed by atoms with Crippen molar-refractivity contribution in [3.63, 3.8) is 0 Å². The molecule has 2 aromatic heterocycles. The summed E-state index contributed by atoms with van der Waals surface area (Å²) >= 11 is 0. The Morgan fingerprint density at radius 2 is 1.32 bits per heavy atom. The number of carbonyl (C=O) groups is 1. The molecule has 22 heavy (non-hydrogen) atoms. The van der Waals surface area contributed by atoms with Crippen LogP contribution in [0.4, 0.5) is 16.2 Å². The number of aromatic nitrogens is 2. The van der Waals surface area contributed by atoms with Gasteiger partial charge in [0.25, 0.3) is 0 Å². The lowest BCUT2D eigenvalue weighted by molar-refractivity contribution is -0.386. The summed E-state index contributed by atoms with van der Waals surface area (Å²) < 4.78 is 9.14. The second kappa shape index (κ2) is 6.21. The SMILES string of the molecule is O=C(Oc1ncccc1[N+](=O)[O-])Oc1ncccc1[N+](=O)[O-]. The van der Waals surface area contributed by atoms with Crippen LogP contribution in [0.1, 0.15) is 0 Å². The zero-order chi connectivity index (χ0) is 16.1. The maximum Gasteiger partial charge on any atom is 0.522 e. The van der Waals surface area contributed by atoms with Crippen molar-refractivity contribution in [1.29, 1.82) is 0 Å². The minimum absolute atomic E-state index is 0.560. The number of nitrogens with zero attached hydrogens (tertiary/aromatic N) is 4. The van der Waals surface area contributed by atoms with Gasteiger partial charge in [0.2, 0.25) is 0 Å². The molecule has 0 aromatic carbocycles. The minimum Gasteiger partial charge on any atom is -0.368 e. The first-order chi connectivity index (χ1) is 10.5. The van der Waals surface area contributed by atoms with Crippen molar-refractivity contribution < 1.29 is 24.1 Å². The molecule has 2 heterocycles. The van der Waals surface area contributed by atoms with Crippen LogP contribution in [0.5, 0.6) is 11.8 Å². The van der Waals surface area contributed by atoms with Gasteiger partial charge in [-0.25, -0.2) is 14.8 Å². The fourth-order valence-corrected chi connectivity index (χ4v) is 1.38. The summed E-state index contributed by atoms with van der Waals surface area (Å²) in [6.45, 7) is 0. The van der Waals surface area contributed by atoms with Crippen LogP contribution in [0.2, 0.25) is 0 Å². The predicted molar refractivity (Wildman–Crippen MR) is 68.4 cm³/mol. The Morgan fingerprint density at radius 3 is 1.68 bits per heavy atom. The number of rotatable bonds is 4. The smallest absolute Gasteiger partial charge is 0.368 e. The molecule has 0 bridgehead atoms. The molecule has 0 aliphatic heterocycles. The lowest BCUT2D eigenvalue weighted by Gasteiger charge is -2.04. The Morgan fingerprint density at radius 1 is 0.909 bits per heavy atom. The Bertz CT molecular complexity index is 687. The number of pyridine rings is 2. The largest absolute Gasteiger partial charge is 0.522 e. The fraction of sp³-hybridized carbons (Fsp3) is 0. The Hall–Kier alpha value is -3.63. The van der Waals surface area contributed by atoms with Crippen LogP contribution in [0, 0.1) is 20.2 Å². The second-order valence-electron chi connectivity index (χ2n) is 3.62. The van der Waals surface area contributed by atoms with E-state index >= 15 is 0 Å². The van der Waals surface area contributed by atoms with Crippen LogP contribution in [-0.2, 0) is 0 Å². The van der Waals surface area contributed by atoms with E-state index in [1.165, 1.54) is 24.5 Å². The minimum atomic E-state index is -1.44. The summed E-state index contributed by atoms with van der Waals surface area (Å²) in [7, 11) is 0. The number of ether oxygens (including phenoxy) is 2. The molecule has 0 aliphatic carbocycles. The van der Waals surface area contributed by atoms with Gasteiger partial charge in [0, 0.05) is 24.5 Å². The fourth-order valence-electron chi connectivity index (χ4n) is 1.38. The van der Waals surface area contributed by atoms with Gasteiger partial charge in [-0.3, -0.25) is 20.2 Å². The summed E-state index contributed by atoms with van der Waals surface area (Å²) in [6.07, 6.45) is 0.890. The van der Waals surface area contributed by atoms with Crippen LogP contribution in [-0.4, -0.2) is 26.0 Å². The van der Waals surface area contributed by atoms with Gasteiger partial charge >= 0.3 is 29.3 Å². The third-order valence-corrected chi connectivity index (χ3v) is 2.26. The van der Waals surface area contributed by atoms with Crippen LogP contribution in [0.15, 0.2) is 36.7 Å². The molecule has 0 atom stereocenters. The molecule has 0 saturated carbocycles. The molecular formula is C11H6N4O7.